The molecular formula is C9H10NO. The Balaban J connectivity index is 2.39. The van der Waals surface area contributed by atoms with Crippen molar-refractivity contribution in [1.29, 1.82) is 0 Å². The summed E-state index contributed by atoms with van der Waals surface area (Å²) in [7, 11) is 0. The molecular weight excluding hydrogens is 138 g/mol. The lowest BCUT2D eigenvalue weighted by atomic mass is 10.1. The van der Waals surface area contributed by atoms with Gasteiger partial charge in [0.2, 0.25) is 0 Å². The number of hydrogen-bond acceptors (Lipinski definition) is 2. The predicted molar refractivity (Wildman–Crippen MR) is 44.7 cm³/mol. The van der Waals surface area contributed by atoms with Crippen molar-refractivity contribution in [3.05, 3.63) is 42.3 Å². The molecule has 0 heterocycles. The Kier molecular flexibility index (Phi) is 3.19. The average Bonchev–Trinajstić information content (AvgIpc) is 2.07. The molecule has 0 saturated heterocycles. The van der Waals surface area contributed by atoms with Crippen molar-refractivity contribution in [1.82, 2.24) is 0 Å². The maximum Gasteiger partial charge on any atom is 0.0476 e. The standard InChI is InChI=1S/C9H10NO/c11-10-8-4-7-9-5-2-1-3-6-9/h1-6,8,11H,7H2/b10-8-. The molecule has 0 fully saturated rings. The zero-order chi connectivity index (χ0) is 7.94. The summed E-state index contributed by atoms with van der Waals surface area (Å²) in [5.74, 6) is 0. The van der Waals surface area contributed by atoms with Gasteiger partial charge in [-0.05, 0) is 12.0 Å². The molecule has 0 amide bonds. The second-order valence-electron chi connectivity index (χ2n) is 2.19. The molecule has 0 aromatic heterocycles. The Morgan fingerprint density at radius 1 is 1.27 bits per heavy atom. The van der Waals surface area contributed by atoms with Crippen LogP contribution in [0.25, 0.3) is 0 Å². The Bertz CT molecular complexity index is 218. The first kappa shape index (κ1) is 7.79. The largest absolute Gasteiger partial charge is 0.411 e. The first-order valence-corrected chi connectivity index (χ1v) is 3.46. The van der Waals surface area contributed by atoms with Crippen molar-refractivity contribution in [2.24, 2.45) is 5.16 Å². The quantitative estimate of drug-likeness (QED) is 0.396. The summed E-state index contributed by atoms with van der Waals surface area (Å²) in [6, 6.07) is 10.0. The molecule has 0 aliphatic heterocycles. The summed E-state index contributed by atoms with van der Waals surface area (Å²) in [6.45, 7) is 0. The fourth-order valence-corrected chi connectivity index (χ4v) is 0.850. The summed E-state index contributed by atoms with van der Waals surface area (Å²) in [4.78, 5) is 0. The van der Waals surface area contributed by atoms with Crippen molar-refractivity contribution in [2.75, 3.05) is 0 Å². The van der Waals surface area contributed by atoms with Crippen molar-refractivity contribution < 1.29 is 5.21 Å². The maximum atomic E-state index is 8.08. The monoisotopic (exact) mass is 148 g/mol. The van der Waals surface area contributed by atoms with Crippen molar-refractivity contribution in [3.63, 3.8) is 0 Å². The molecule has 0 aliphatic rings. The zero-order valence-electron chi connectivity index (χ0n) is 6.14. The van der Waals surface area contributed by atoms with Gasteiger partial charge in [0.1, 0.15) is 0 Å². The molecule has 0 spiro atoms. The average molecular weight is 148 g/mol. The fraction of sp³-hybridized carbons (Fsp3) is 0.111. The molecule has 11 heavy (non-hydrogen) atoms. The molecule has 1 rings (SSSR count). The van der Waals surface area contributed by atoms with Crippen LogP contribution in [0.5, 0.6) is 0 Å². The number of benzene rings is 1. The van der Waals surface area contributed by atoms with Gasteiger partial charge in [-0.2, -0.15) is 0 Å². The molecule has 0 unspecified atom stereocenters. The molecule has 1 radical (unpaired) electrons. The van der Waals surface area contributed by atoms with E-state index in [1.807, 2.05) is 30.3 Å². The molecule has 2 nitrogen and oxygen atoms in total. The van der Waals surface area contributed by atoms with E-state index in [9.17, 15) is 0 Å². The number of rotatable bonds is 3. The first-order valence-electron chi connectivity index (χ1n) is 3.46. The van der Waals surface area contributed by atoms with Gasteiger partial charge in [-0.1, -0.05) is 30.3 Å². The third-order valence-electron chi connectivity index (χ3n) is 1.37. The van der Waals surface area contributed by atoms with Crippen LogP contribution in [-0.4, -0.2) is 11.4 Å². The van der Waals surface area contributed by atoms with Gasteiger partial charge in [0.15, 0.2) is 0 Å². The van der Waals surface area contributed by atoms with E-state index in [0.717, 1.165) is 6.42 Å². The van der Waals surface area contributed by atoms with Crippen LogP contribution in [0, 0.1) is 6.42 Å². The Morgan fingerprint density at radius 2 is 2.00 bits per heavy atom. The molecule has 1 N–H and O–H groups in total. The fourth-order valence-electron chi connectivity index (χ4n) is 0.850. The highest BCUT2D eigenvalue weighted by Crippen LogP contribution is 1.99. The molecule has 0 saturated carbocycles. The van der Waals surface area contributed by atoms with Crippen molar-refractivity contribution >= 4 is 6.21 Å². The third kappa shape index (κ3) is 2.85. The van der Waals surface area contributed by atoms with Crippen LogP contribution < -0.4 is 0 Å². The molecule has 0 atom stereocenters. The zero-order valence-corrected chi connectivity index (χ0v) is 6.14. The van der Waals surface area contributed by atoms with Gasteiger partial charge in [0.25, 0.3) is 0 Å². The van der Waals surface area contributed by atoms with Gasteiger partial charge >= 0.3 is 0 Å². The minimum atomic E-state index is 0.810. The molecule has 57 valence electrons. The van der Waals surface area contributed by atoms with Crippen molar-refractivity contribution in [3.8, 4) is 0 Å². The minimum Gasteiger partial charge on any atom is -0.411 e. The summed E-state index contributed by atoms with van der Waals surface area (Å²) in [5, 5.41) is 11.0. The number of nitrogens with zero attached hydrogens (tertiary/aromatic N) is 1. The van der Waals surface area contributed by atoms with Gasteiger partial charge in [0.05, 0.1) is 0 Å². The van der Waals surface area contributed by atoms with E-state index in [-0.39, 0.29) is 0 Å². The molecule has 2 heteroatoms. The second kappa shape index (κ2) is 4.50. The van der Waals surface area contributed by atoms with Gasteiger partial charge in [-0.25, -0.2) is 0 Å². The van der Waals surface area contributed by atoms with Gasteiger partial charge in [-0.3, -0.25) is 0 Å². The lowest BCUT2D eigenvalue weighted by molar-refractivity contribution is 0.321. The van der Waals surface area contributed by atoms with Crippen LogP contribution in [0.2, 0.25) is 0 Å². The van der Waals surface area contributed by atoms with Gasteiger partial charge in [0, 0.05) is 12.6 Å². The predicted octanol–water partition coefficient (Wildman–Crippen LogP) is 1.89. The van der Waals surface area contributed by atoms with Gasteiger partial charge in [-0.15, -0.1) is 5.16 Å². The summed E-state index contributed by atoms with van der Waals surface area (Å²) in [6.07, 6.45) is 3.99. The highest BCUT2D eigenvalue weighted by atomic mass is 16.4. The smallest absolute Gasteiger partial charge is 0.0476 e. The highest BCUT2D eigenvalue weighted by Gasteiger charge is 1.87. The SMILES string of the molecule is O/N=C\[CH]Cc1ccccc1. The normalized spacial score (nSPS) is 10.5. The maximum absolute atomic E-state index is 8.08. The Morgan fingerprint density at radius 3 is 2.64 bits per heavy atom. The molecule has 0 bridgehead atoms. The van der Waals surface area contributed by atoms with E-state index in [1.54, 1.807) is 6.42 Å². The van der Waals surface area contributed by atoms with Crippen LogP contribution >= 0.6 is 0 Å². The van der Waals surface area contributed by atoms with Crippen LogP contribution in [-0.2, 0) is 6.42 Å². The van der Waals surface area contributed by atoms with Crippen LogP contribution in [0.3, 0.4) is 0 Å². The third-order valence-corrected chi connectivity index (χ3v) is 1.37. The lowest BCUT2D eigenvalue weighted by Crippen LogP contribution is -1.85. The molecule has 1 aromatic carbocycles. The van der Waals surface area contributed by atoms with Crippen LogP contribution in [0.15, 0.2) is 35.5 Å². The van der Waals surface area contributed by atoms with E-state index in [2.05, 4.69) is 5.16 Å². The van der Waals surface area contributed by atoms with E-state index in [0.29, 0.717) is 0 Å². The molecule has 0 aliphatic carbocycles. The van der Waals surface area contributed by atoms with E-state index in [1.165, 1.54) is 11.8 Å². The number of hydrogen-bond donors (Lipinski definition) is 1. The van der Waals surface area contributed by atoms with E-state index >= 15 is 0 Å². The summed E-state index contributed by atoms with van der Waals surface area (Å²) in [5.41, 5.74) is 1.22. The minimum absolute atomic E-state index is 0.810. The van der Waals surface area contributed by atoms with Gasteiger partial charge < -0.3 is 5.21 Å². The Labute approximate surface area is 66.2 Å². The summed E-state index contributed by atoms with van der Waals surface area (Å²) >= 11 is 0. The topological polar surface area (TPSA) is 32.6 Å². The van der Waals surface area contributed by atoms with E-state index < -0.39 is 0 Å². The Hall–Kier alpha value is -1.31. The second-order valence-corrected chi connectivity index (χ2v) is 2.19. The number of oxime groups is 1. The lowest BCUT2D eigenvalue weighted by Gasteiger charge is -1.94. The van der Waals surface area contributed by atoms with Crippen molar-refractivity contribution in [2.45, 2.75) is 6.42 Å². The molecule has 1 aromatic rings. The van der Waals surface area contributed by atoms with Crippen LogP contribution in [0.1, 0.15) is 5.56 Å². The summed E-state index contributed by atoms with van der Waals surface area (Å²) < 4.78 is 0. The van der Waals surface area contributed by atoms with E-state index in [4.69, 9.17) is 5.21 Å². The van der Waals surface area contributed by atoms with Crippen LogP contribution in [0.4, 0.5) is 0 Å². The highest BCUT2D eigenvalue weighted by molar-refractivity contribution is 5.67. The first-order chi connectivity index (χ1) is 5.43.